The van der Waals surface area contributed by atoms with Crippen LogP contribution in [-0.2, 0) is 17.8 Å². The summed E-state index contributed by atoms with van der Waals surface area (Å²) in [6.45, 7) is 1.84. The summed E-state index contributed by atoms with van der Waals surface area (Å²) in [6.07, 6.45) is 0. The molecule has 0 fully saturated rings. The Hall–Kier alpha value is -0.831. The summed E-state index contributed by atoms with van der Waals surface area (Å²) < 4.78 is 61.4. The molecule has 9 heteroatoms. The van der Waals surface area contributed by atoms with E-state index in [4.69, 9.17) is 20.6 Å². The molecule has 0 spiro atoms. The number of hydrogen-bond donors (Lipinski definition) is 3. The fourth-order valence-electron chi connectivity index (χ4n) is 0.710. The van der Waals surface area contributed by atoms with Gasteiger partial charge in [-0.2, -0.15) is 8.42 Å². The van der Waals surface area contributed by atoms with Crippen LogP contribution in [0.5, 0.6) is 0 Å². The maximum atomic E-state index is 10.5. The van der Waals surface area contributed by atoms with Crippen molar-refractivity contribution in [2.75, 3.05) is 0 Å². The van der Waals surface area contributed by atoms with Crippen LogP contribution in [0.25, 0.3) is 0 Å². The van der Waals surface area contributed by atoms with Gasteiger partial charge in [0.15, 0.2) is 0 Å². The normalized spacial score (nSPS) is 11.5. The Morgan fingerprint density at radius 1 is 1.06 bits per heavy atom. The van der Waals surface area contributed by atoms with E-state index in [1.54, 1.807) is 12.1 Å². The molecule has 0 atom stereocenters. The van der Waals surface area contributed by atoms with Crippen LogP contribution in [-0.4, -0.2) is 34.7 Å². The van der Waals surface area contributed by atoms with Gasteiger partial charge < -0.3 is 0 Å². The van der Waals surface area contributed by atoms with Gasteiger partial charge in [0.1, 0.15) is 0 Å². The first-order valence-electron chi connectivity index (χ1n) is 3.74. The van der Waals surface area contributed by atoms with Gasteiger partial charge in [0, 0.05) is 0 Å². The molecule has 0 aliphatic rings. The van der Waals surface area contributed by atoms with Crippen LogP contribution >= 0.6 is 0 Å². The van der Waals surface area contributed by atoms with Gasteiger partial charge in [-0.1, -0.05) is 17.7 Å². The molecule has 7 nitrogen and oxygen atoms in total. The molecule has 0 saturated carbocycles. The molecule has 1 rings (SSSR count). The van der Waals surface area contributed by atoms with Gasteiger partial charge in [-0.3, -0.25) is 4.55 Å². The quantitative estimate of drug-likeness (QED) is 0.471. The van der Waals surface area contributed by atoms with E-state index in [9.17, 15) is 8.42 Å². The van der Waals surface area contributed by atoms with Crippen molar-refractivity contribution in [3.8, 4) is 0 Å². The summed E-state index contributed by atoms with van der Waals surface area (Å²) >= 11 is -5.25. The third-order valence-electron chi connectivity index (χ3n) is 1.32. The van der Waals surface area contributed by atoms with E-state index in [1.165, 1.54) is 12.1 Å². The number of hydrogen-bond acceptors (Lipinski definition) is 4. The van der Waals surface area contributed by atoms with Crippen LogP contribution in [0.15, 0.2) is 29.2 Å². The van der Waals surface area contributed by atoms with Gasteiger partial charge in [-0.05, 0) is 19.1 Å². The molecule has 1 aromatic carbocycles. The summed E-state index contributed by atoms with van der Waals surface area (Å²) in [5, 5.41) is 0. The van der Waals surface area contributed by atoms with Crippen LogP contribution < -0.4 is 0 Å². The third-order valence-corrected chi connectivity index (χ3v) is 2.19. The molecule has 16 heavy (non-hydrogen) atoms. The van der Waals surface area contributed by atoms with Crippen LogP contribution in [0, 0.1) is 6.92 Å². The van der Waals surface area contributed by atoms with Crippen molar-refractivity contribution >= 4 is 23.5 Å². The van der Waals surface area contributed by atoms with E-state index in [2.05, 4.69) is 0 Å². The van der Waals surface area contributed by atoms with Gasteiger partial charge >= 0.3 is 29.4 Å². The van der Waals surface area contributed by atoms with Gasteiger partial charge in [0.25, 0.3) is 10.1 Å². The van der Waals surface area contributed by atoms with Gasteiger partial charge in [-0.25, -0.2) is 0 Å². The fourth-order valence-corrected chi connectivity index (χ4v) is 1.19. The second kappa shape index (κ2) is 5.48. The van der Waals surface area contributed by atoms with Crippen LogP contribution in [0.1, 0.15) is 5.56 Å². The van der Waals surface area contributed by atoms with Crippen molar-refractivity contribution in [3.63, 3.8) is 0 Å². The molecule has 0 aromatic heterocycles. The molecular formula is C7H10O7SSe. The summed E-state index contributed by atoms with van der Waals surface area (Å²) in [4.78, 5) is -0.0666. The first-order chi connectivity index (χ1) is 7.00. The topological polar surface area (TPSA) is 129 Å². The Labute approximate surface area is 94.4 Å². The molecule has 0 saturated heterocycles. The Morgan fingerprint density at radius 2 is 1.38 bits per heavy atom. The first-order valence-corrected chi connectivity index (χ1v) is 8.11. The minimum atomic E-state index is -5.25. The SMILES string of the molecule is Cc1ccc(S(=O)(=O)O)cc1.O=[Se](=O)(O)O. The maximum absolute atomic E-state index is 10.5. The molecule has 92 valence electrons. The van der Waals surface area contributed by atoms with Gasteiger partial charge in [-0.15, -0.1) is 0 Å². The summed E-state index contributed by atoms with van der Waals surface area (Å²) in [7, 11) is -4.02. The Morgan fingerprint density at radius 3 is 1.62 bits per heavy atom. The van der Waals surface area contributed by atoms with E-state index in [-0.39, 0.29) is 4.90 Å². The monoisotopic (exact) mass is 318 g/mol. The Kier molecular flexibility index (Phi) is 5.20. The van der Waals surface area contributed by atoms with Gasteiger partial charge in [0.2, 0.25) is 0 Å². The van der Waals surface area contributed by atoms with Crippen molar-refractivity contribution in [2.24, 2.45) is 0 Å². The van der Waals surface area contributed by atoms with Crippen molar-refractivity contribution < 1.29 is 29.0 Å². The summed E-state index contributed by atoms with van der Waals surface area (Å²) in [5.74, 6) is 0. The Bertz CT molecular complexity index is 521. The third kappa shape index (κ3) is 8.48. The fraction of sp³-hybridized carbons (Fsp3) is 0.143. The van der Waals surface area contributed by atoms with E-state index in [0.717, 1.165) is 5.56 Å². The van der Waals surface area contributed by atoms with E-state index in [0.29, 0.717) is 0 Å². The second-order valence-corrected chi connectivity index (χ2v) is 6.04. The molecule has 0 aliphatic heterocycles. The van der Waals surface area contributed by atoms with E-state index < -0.39 is 23.5 Å². The zero-order chi connectivity index (χ0) is 13.0. The Balaban J connectivity index is 0.000000385. The average Bonchev–Trinajstić information content (AvgIpc) is 1.99. The van der Waals surface area contributed by atoms with Crippen molar-refractivity contribution in [3.05, 3.63) is 29.8 Å². The van der Waals surface area contributed by atoms with Crippen LogP contribution in [0.2, 0.25) is 0 Å². The molecule has 0 aliphatic carbocycles. The van der Waals surface area contributed by atoms with Crippen molar-refractivity contribution in [1.82, 2.24) is 0 Å². The number of benzene rings is 1. The summed E-state index contributed by atoms with van der Waals surface area (Å²) in [6, 6.07) is 5.99. The molecule has 0 heterocycles. The van der Waals surface area contributed by atoms with Crippen LogP contribution in [0.3, 0.4) is 0 Å². The van der Waals surface area contributed by atoms with E-state index >= 15 is 0 Å². The molecule has 0 amide bonds. The van der Waals surface area contributed by atoms with E-state index in [1.807, 2.05) is 6.92 Å². The van der Waals surface area contributed by atoms with Crippen LogP contribution in [0.4, 0.5) is 0 Å². The standard InChI is InChI=1S/C7H8O3S.H2O4Se/c1-6-2-4-7(5-3-6)11(8,9)10;1-5(2,3)4/h2-5H,1H3,(H,8,9,10);(H2,1,2,3,4). The van der Waals surface area contributed by atoms with Crippen molar-refractivity contribution in [1.29, 1.82) is 0 Å². The molecule has 1 aromatic rings. The van der Waals surface area contributed by atoms with Gasteiger partial charge in [0.05, 0.1) is 4.90 Å². The summed E-state index contributed by atoms with van der Waals surface area (Å²) in [5.41, 5.74) is 0.956. The predicted octanol–water partition coefficient (Wildman–Crippen LogP) is -0.491. The second-order valence-electron chi connectivity index (χ2n) is 2.74. The molecule has 0 radical (unpaired) electrons. The predicted molar refractivity (Wildman–Crippen MR) is 52.6 cm³/mol. The molecule has 0 unspecified atom stereocenters. The minimum absolute atomic E-state index is 0.0666. The molecular weight excluding hydrogens is 307 g/mol. The molecule has 0 bridgehead atoms. The number of aryl methyl sites for hydroxylation is 1. The zero-order valence-corrected chi connectivity index (χ0v) is 10.6. The first kappa shape index (κ1) is 15.2. The van der Waals surface area contributed by atoms with Crippen molar-refractivity contribution in [2.45, 2.75) is 11.8 Å². The number of rotatable bonds is 1. The average molecular weight is 317 g/mol. The zero-order valence-electron chi connectivity index (χ0n) is 8.10. The molecule has 3 N–H and O–H groups in total.